The average molecular weight is 300 g/mol. The highest BCUT2D eigenvalue weighted by atomic mass is 35.5. The van der Waals surface area contributed by atoms with Gasteiger partial charge in [0.25, 0.3) is 0 Å². The first-order valence-corrected chi connectivity index (χ1v) is 7.25. The molecule has 4 nitrogen and oxygen atoms in total. The Bertz CT molecular complexity index is 447. The molecule has 112 valence electrons. The van der Waals surface area contributed by atoms with Gasteiger partial charge >= 0.3 is 0 Å². The van der Waals surface area contributed by atoms with Crippen LogP contribution in [0.3, 0.4) is 0 Å². The van der Waals surface area contributed by atoms with E-state index in [1.54, 1.807) is 14.2 Å². The third kappa shape index (κ3) is 3.37. The molecule has 0 saturated carbocycles. The van der Waals surface area contributed by atoms with Gasteiger partial charge in [-0.15, -0.1) is 0 Å². The third-order valence-corrected chi connectivity index (χ3v) is 4.27. The summed E-state index contributed by atoms with van der Waals surface area (Å²) in [5, 5.41) is 4.12. The minimum Gasteiger partial charge on any atom is -0.493 e. The van der Waals surface area contributed by atoms with E-state index >= 15 is 0 Å². The summed E-state index contributed by atoms with van der Waals surface area (Å²) in [4.78, 5) is 0. The molecule has 2 rings (SSSR count). The summed E-state index contributed by atoms with van der Waals surface area (Å²) in [6.45, 7) is 4.60. The van der Waals surface area contributed by atoms with E-state index in [-0.39, 0.29) is 0 Å². The molecular weight excluding hydrogens is 278 g/mol. The van der Waals surface area contributed by atoms with Gasteiger partial charge in [0.1, 0.15) is 0 Å². The van der Waals surface area contributed by atoms with E-state index < -0.39 is 0 Å². The van der Waals surface area contributed by atoms with Crippen molar-refractivity contribution in [1.82, 2.24) is 5.32 Å². The number of nitrogens with one attached hydrogen (secondary N) is 1. The molecule has 0 amide bonds. The second-order valence-electron chi connectivity index (χ2n) is 5.07. The van der Waals surface area contributed by atoms with Crippen molar-refractivity contribution in [2.24, 2.45) is 5.92 Å². The largest absolute Gasteiger partial charge is 0.493 e. The van der Waals surface area contributed by atoms with Gasteiger partial charge < -0.3 is 19.5 Å². The van der Waals surface area contributed by atoms with E-state index in [9.17, 15) is 0 Å². The first-order chi connectivity index (χ1) is 9.67. The van der Waals surface area contributed by atoms with Crippen LogP contribution in [0, 0.1) is 5.92 Å². The van der Waals surface area contributed by atoms with Gasteiger partial charge in [-0.3, -0.25) is 0 Å². The maximum absolute atomic E-state index is 6.37. The lowest BCUT2D eigenvalue weighted by Crippen LogP contribution is -2.33. The Morgan fingerprint density at radius 3 is 2.80 bits per heavy atom. The van der Waals surface area contributed by atoms with Crippen LogP contribution in [0.5, 0.6) is 11.5 Å². The quantitative estimate of drug-likeness (QED) is 0.877. The molecule has 1 aliphatic heterocycles. The molecule has 2 unspecified atom stereocenters. The summed E-state index contributed by atoms with van der Waals surface area (Å²) >= 11 is 6.37. The fraction of sp³-hybridized carbons (Fsp3) is 0.600. The summed E-state index contributed by atoms with van der Waals surface area (Å²) in [6.07, 6.45) is 1.12. The lowest BCUT2D eigenvalue weighted by atomic mass is 10.0. The highest BCUT2D eigenvalue weighted by Gasteiger charge is 2.22. The van der Waals surface area contributed by atoms with Gasteiger partial charge in [0, 0.05) is 19.2 Å². The van der Waals surface area contributed by atoms with Crippen molar-refractivity contribution in [3.63, 3.8) is 0 Å². The second-order valence-corrected chi connectivity index (χ2v) is 5.45. The van der Waals surface area contributed by atoms with E-state index in [4.69, 9.17) is 25.8 Å². The molecule has 1 aromatic rings. The van der Waals surface area contributed by atoms with Crippen molar-refractivity contribution in [3.8, 4) is 11.5 Å². The van der Waals surface area contributed by atoms with Gasteiger partial charge in [-0.2, -0.15) is 0 Å². The van der Waals surface area contributed by atoms with Gasteiger partial charge in [-0.05, 0) is 30.9 Å². The van der Waals surface area contributed by atoms with Gasteiger partial charge in [-0.25, -0.2) is 0 Å². The minimum absolute atomic E-state index is 0.404. The van der Waals surface area contributed by atoms with E-state index in [0.717, 1.165) is 25.2 Å². The van der Waals surface area contributed by atoms with Gasteiger partial charge in [0.2, 0.25) is 0 Å². The van der Waals surface area contributed by atoms with Crippen molar-refractivity contribution in [1.29, 1.82) is 0 Å². The molecule has 0 aliphatic carbocycles. The Kier molecular flexibility index (Phi) is 5.52. The van der Waals surface area contributed by atoms with Crippen LogP contribution in [0.25, 0.3) is 0 Å². The highest BCUT2D eigenvalue weighted by Crippen LogP contribution is 2.37. The molecule has 0 spiro atoms. The Morgan fingerprint density at radius 2 is 2.20 bits per heavy atom. The van der Waals surface area contributed by atoms with Crippen LogP contribution in [-0.4, -0.2) is 33.5 Å². The van der Waals surface area contributed by atoms with Gasteiger partial charge in [0.15, 0.2) is 11.5 Å². The maximum atomic E-state index is 6.37. The van der Waals surface area contributed by atoms with Crippen molar-refractivity contribution < 1.29 is 14.2 Å². The monoisotopic (exact) mass is 299 g/mol. The van der Waals surface area contributed by atoms with E-state index in [2.05, 4.69) is 12.2 Å². The minimum atomic E-state index is 0.404. The standard InChI is InChI=1S/C15H22ClNO3/c1-10(12-6-7-20-9-12)17-8-11-4-5-13(18-2)15(19-3)14(11)16/h4-5,10,12,17H,6-9H2,1-3H3. The molecule has 1 fully saturated rings. The average Bonchev–Trinajstić information content (AvgIpc) is 2.99. The Balaban J connectivity index is 2.02. The van der Waals surface area contributed by atoms with Crippen LogP contribution in [0.2, 0.25) is 5.02 Å². The van der Waals surface area contributed by atoms with Crippen LogP contribution in [0.4, 0.5) is 0 Å². The van der Waals surface area contributed by atoms with Crippen LogP contribution < -0.4 is 14.8 Å². The molecule has 0 aromatic heterocycles. The molecular formula is C15H22ClNO3. The van der Waals surface area contributed by atoms with Crippen LogP contribution in [-0.2, 0) is 11.3 Å². The molecule has 1 aliphatic rings. The number of hydrogen-bond acceptors (Lipinski definition) is 4. The first kappa shape index (κ1) is 15.4. The van der Waals surface area contributed by atoms with E-state index in [1.165, 1.54) is 0 Å². The second kappa shape index (κ2) is 7.16. The topological polar surface area (TPSA) is 39.7 Å². The molecule has 0 bridgehead atoms. The lowest BCUT2D eigenvalue weighted by molar-refractivity contribution is 0.178. The van der Waals surface area contributed by atoms with E-state index in [0.29, 0.717) is 35.0 Å². The van der Waals surface area contributed by atoms with Crippen LogP contribution in [0.15, 0.2) is 12.1 Å². The highest BCUT2D eigenvalue weighted by molar-refractivity contribution is 6.33. The molecule has 2 atom stereocenters. The van der Waals surface area contributed by atoms with Gasteiger partial charge in [-0.1, -0.05) is 17.7 Å². The summed E-state index contributed by atoms with van der Waals surface area (Å²) in [5.41, 5.74) is 1.01. The van der Waals surface area contributed by atoms with Crippen LogP contribution >= 0.6 is 11.6 Å². The summed E-state index contributed by atoms with van der Waals surface area (Å²) in [7, 11) is 3.20. The molecule has 1 saturated heterocycles. The zero-order valence-electron chi connectivity index (χ0n) is 12.2. The fourth-order valence-corrected chi connectivity index (χ4v) is 2.75. The number of methoxy groups -OCH3 is 2. The SMILES string of the molecule is COc1ccc(CNC(C)C2CCOC2)c(Cl)c1OC. The summed E-state index contributed by atoms with van der Waals surface area (Å²) in [6, 6.07) is 4.25. The predicted molar refractivity (Wildman–Crippen MR) is 79.8 cm³/mol. The Labute approximate surface area is 125 Å². The number of ether oxygens (including phenoxy) is 3. The first-order valence-electron chi connectivity index (χ1n) is 6.87. The fourth-order valence-electron chi connectivity index (χ4n) is 2.45. The van der Waals surface area contributed by atoms with Crippen molar-refractivity contribution in [2.75, 3.05) is 27.4 Å². The Hall–Kier alpha value is -0.970. The molecule has 1 N–H and O–H groups in total. The van der Waals surface area contributed by atoms with Crippen LogP contribution in [0.1, 0.15) is 18.9 Å². The van der Waals surface area contributed by atoms with Crippen molar-refractivity contribution in [2.45, 2.75) is 25.9 Å². The Morgan fingerprint density at radius 1 is 1.40 bits per heavy atom. The normalized spacial score (nSPS) is 19.9. The predicted octanol–water partition coefficient (Wildman–Crippen LogP) is 2.87. The molecule has 5 heteroatoms. The maximum Gasteiger partial charge on any atom is 0.179 e. The summed E-state index contributed by atoms with van der Waals surface area (Å²) in [5.74, 6) is 1.82. The van der Waals surface area contributed by atoms with Crippen molar-refractivity contribution >= 4 is 11.6 Å². The molecule has 1 heterocycles. The third-order valence-electron chi connectivity index (χ3n) is 3.85. The number of halogens is 1. The smallest absolute Gasteiger partial charge is 0.179 e. The molecule has 0 radical (unpaired) electrons. The van der Waals surface area contributed by atoms with E-state index in [1.807, 2.05) is 12.1 Å². The zero-order chi connectivity index (χ0) is 14.5. The van der Waals surface area contributed by atoms with Crippen molar-refractivity contribution in [3.05, 3.63) is 22.7 Å². The number of rotatable bonds is 6. The zero-order valence-corrected chi connectivity index (χ0v) is 13.0. The van der Waals surface area contributed by atoms with Gasteiger partial charge in [0.05, 0.1) is 25.8 Å². The lowest BCUT2D eigenvalue weighted by Gasteiger charge is -2.20. The molecule has 1 aromatic carbocycles. The number of hydrogen-bond donors (Lipinski definition) is 1. The summed E-state index contributed by atoms with van der Waals surface area (Å²) < 4.78 is 16.0. The number of benzene rings is 1. The molecule has 20 heavy (non-hydrogen) atoms.